The SMILES string of the molecule is NS(=O)(=O)c1ccc(CCNc2ccc(C(=O)N3CCCC3)nc2)cc1. The van der Waals surface area contributed by atoms with Gasteiger partial charge in [0.2, 0.25) is 10.0 Å². The van der Waals surface area contributed by atoms with Crippen LogP contribution in [0, 0.1) is 0 Å². The number of benzene rings is 1. The van der Waals surface area contributed by atoms with E-state index >= 15 is 0 Å². The fraction of sp³-hybridized carbons (Fsp3) is 0.333. The number of nitrogens with one attached hydrogen (secondary N) is 1. The van der Waals surface area contributed by atoms with Crippen LogP contribution in [0.1, 0.15) is 28.9 Å². The van der Waals surface area contributed by atoms with E-state index in [1.165, 1.54) is 12.1 Å². The van der Waals surface area contributed by atoms with E-state index < -0.39 is 10.0 Å². The highest BCUT2D eigenvalue weighted by Crippen LogP contribution is 2.14. The highest BCUT2D eigenvalue weighted by atomic mass is 32.2. The number of nitrogens with two attached hydrogens (primary N) is 1. The Kier molecular flexibility index (Phi) is 5.53. The van der Waals surface area contributed by atoms with Crippen molar-refractivity contribution in [2.45, 2.75) is 24.2 Å². The molecule has 8 heteroatoms. The van der Waals surface area contributed by atoms with Crippen molar-refractivity contribution in [3.8, 4) is 0 Å². The van der Waals surface area contributed by atoms with Crippen LogP contribution in [-0.2, 0) is 16.4 Å². The van der Waals surface area contributed by atoms with E-state index in [0.717, 1.165) is 43.6 Å². The Morgan fingerprint density at radius 1 is 1.12 bits per heavy atom. The molecule has 1 aliphatic heterocycles. The number of carbonyl (C=O) groups excluding carboxylic acids is 1. The summed E-state index contributed by atoms with van der Waals surface area (Å²) in [4.78, 5) is 18.4. The molecular formula is C18H22N4O3S. The minimum Gasteiger partial charge on any atom is -0.383 e. The van der Waals surface area contributed by atoms with Gasteiger partial charge >= 0.3 is 0 Å². The van der Waals surface area contributed by atoms with Gasteiger partial charge in [-0.3, -0.25) is 4.79 Å². The summed E-state index contributed by atoms with van der Waals surface area (Å²) in [5.74, 6) is -0.0102. The number of primary sulfonamides is 1. The molecule has 0 saturated carbocycles. The van der Waals surface area contributed by atoms with Gasteiger partial charge < -0.3 is 10.2 Å². The molecule has 2 heterocycles. The van der Waals surface area contributed by atoms with E-state index in [-0.39, 0.29) is 10.8 Å². The Hall–Kier alpha value is -2.45. The Balaban J connectivity index is 1.51. The van der Waals surface area contributed by atoms with Crippen molar-refractivity contribution in [3.05, 3.63) is 53.9 Å². The number of anilines is 1. The number of nitrogens with zero attached hydrogens (tertiary/aromatic N) is 2. The fourth-order valence-electron chi connectivity index (χ4n) is 2.90. The van der Waals surface area contributed by atoms with Crippen molar-refractivity contribution in [2.24, 2.45) is 5.14 Å². The van der Waals surface area contributed by atoms with Crippen LogP contribution in [0.3, 0.4) is 0 Å². The van der Waals surface area contributed by atoms with Crippen LogP contribution in [0.2, 0.25) is 0 Å². The molecule has 2 aromatic rings. The van der Waals surface area contributed by atoms with Crippen molar-refractivity contribution in [1.29, 1.82) is 0 Å². The second-order valence-corrected chi connectivity index (χ2v) is 7.86. The van der Waals surface area contributed by atoms with E-state index in [1.807, 2.05) is 11.0 Å². The summed E-state index contributed by atoms with van der Waals surface area (Å²) >= 11 is 0. The standard InChI is InChI=1S/C18H22N4O3S/c19-26(24,25)16-6-3-14(4-7-16)9-10-20-15-5-8-17(21-13-15)18(23)22-11-1-2-12-22/h3-8,13,20H,1-2,9-12H2,(H2,19,24,25). The molecule has 0 radical (unpaired) electrons. The molecule has 0 atom stereocenters. The molecule has 138 valence electrons. The summed E-state index contributed by atoms with van der Waals surface area (Å²) < 4.78 is 22.5. The van der Waals surface area contributed by atoms with Gasteiger partial charge in [-0.15, -0.1) is 0 Å². The summed E-state index contributed by atoms with van der Waals surface area (Å²) in [5, 5.41) is 8.33. The molecule has 7 nitrogen and oxygen atoms in total. The fourth-order valence-corrected chi connectivity index (χ4v) is 3.42. The van der Waals surface area contributed by atoms with Crippen molar-refractivity contribution in [2.75, 3.05) is 25.0 Å². The molecular weight excluding hydrogens is 352 g/mol. The molecule has 1 aromatic carbocycles. The Morgan fingerprint density at radius 2 is 1.81 bits per heavy atom. The molecule has 3 N–H and O–H groups in total. The predicted molar refractivity (Wildman–Crippen MR) is 99.4 cm³/mol. The topological polar surface area (TPSA) is 105 Å². The minimum atomic E-state index is -3.66. The molecule has 1 saturated heterocycles. The molecule has 1 amide bonds. The van der Waals surface area contributed by atoms with Crippen molar-refractivity contribution in [3.63, 3.8) is 0 Å². The van der Waals surface area contributed by atoms with Gasteiger partial charge in [-0.1, -0.05) is 12.1 Å². The van der Waals surface area contributed by atoms with Gasteiger partial charge in [-0.25, -0.2) is 18.5 Å². The molecule has 0 aliphatic carbocycles. The quantitative estimate of drug-likeness (QED) is 0.799. The predicted octanol–water partition coefficient (Wildman–Crippen LogP) is 1.62. The molecule has 3 rings (SSSR count). The lowest BCUT2D eigenvalue weighted by Crippen LogP contribution is -2.28. The van der Waals surface area contributed by atoms with Crippen LogP contribution in [0.5, 0.6) is 0 Å². The van der Waals surface area contributed by atoms with E-state index in [2.05, 4.69) is 10.3 Å². The molecule has 0 spiro atoms. The first-order valence-electron chi connectivity index (χ1n) is 8.54. The minimum absolute atomic E-state index is 0.0102. The summed E-state index contributed by atoms with van der Waals surface area (Å²) in [6, 6.07) is 10.1. The zero-order valence-corrected chi connectivity index (χ0v) is 15.2. The van der Waals surface area contributed by atoms with Crippen LogP contribution in [0.4, 0.5) is 5.69 Å². The number of hydrogen-bond donors (Lipinski definition) is 2. The van der Waals surface area contributed by atoms with Crippen LogP contribution in [0.15, 0.2) is 47.5 Å². The zero-order chi connectivity index (χ0) is 18.6. The smallest absolute Gasteiger partial charge is 0.272 e. The molecule has 1 aromatic heterocycles. The van der Waals surface area contributed by atoms with E-state index in [4.69, 9.17) is 5.14 Å². The lowest BCUT2D eigenvalue weighted by Gasteiger charge is -2.14. The third kappa shape index (κ3) is 4.59. The number of carbonyl (C=O) groups is 1. The van der Waals surface area contributed by atoms with Gasteiger partial charge in [0.25, 0.3) is 5.91 Å². The van der Waals surface area contributed by atoms with Crippen molar-refractivity contribution in [1.82, 2.24) is 9.88 Å². The molecule has 1 aliphatic rings. The van der Waals surface area contributed by atoms with Gasteiger partial charge in [0, 0.05) is 19.6 Å². The summed E-state index contributed by atoms with van der Waals surface area (Å²) in [7, 11) is -3.66. The largest absolute Gasteiger partial charge is 0.383 e. The van der Waals surface area contributed by atoms with E-state index in [9.17, 15) is 13.2 Å². The molecule has 1 fully saturated rings. The molecule has 0 bridgehead atoms. The number of likely N-dealkylation sites (tertiary alicyclic amines) is 1. The van der Waals surface area contributed by atoms with E-state index in [1.54, 1.807) is 24.4 Å². The average molecular weight is 374 g/mol. The number of rotatable bonds is 6. The maximum atomic E-state index is 12.2. The first-order chi connectivity index (χ1) is 12.4. The second-order valence-electron chi connectivity index (χ2n) is 6.30. The monoisotopic (exact) mass is 374 g/mol. The first kappa shape index (κ1) is 18.3. The lowest BCUT2D eigenvalue weighted by molar-refractivity contribution is 0.0787. The number of sulfonamides is 1. The average Bonchev–Trinajstić information content (AvgIpc) is 3.16. The lowest BCUT2D eigenvalue weighted by atomic mass is 10.1. The normalized spacial score (nSPS) is 14.4. The molecule has 26 heavy (non-hydrogen) atoms. The maximum Gasteiger partial charge on any atom is 0.272 e. The van der Waals surface area contributed by atoms with Gasteiger partial charge in [-0.2, -0.15) is 0 Å². The third-order valence-electron chi connectivity index (χ3n) is 4.37. The van der Waals surface area contributed by atoms with Crippen LogP contribution >= 0.6 is 0 Å². The zero-order valence-electron chi connectivity index (χ0n) is 14.4. The number of aromatic nitrogens is 1. The molecule has 0 unspecified atom stereocenters. The number of pyridine rings is 1. The van der Waals surface area contributed by atoms with Crippen LogP contribution in [-0.4, -0.2) is 43.8 Å². The van der Waals surface area contributed by atoms with E-state index in [0.29, 0.717) is 12.2 Å². The first-order valence-corrected chi connectivity index (χ1v) is 10.1. The second kappa shape index (κ2) is 7.84. The third-order valence-corrected chi connectivity index (χ3v) is 5.30. The number of amides is 1. The van der Waals surface area contributed by atoms with Gasteiger partial charge in [0.15, 0.2) is 0 Å². The Bertz CT molecular complexity index is 858. The maximum absolute atomic E-state index is 12.2. The Morgan fingerprint density at radius 3 is 2.38 bits per heavy atom. The van der Waals surface area contributed by atoms with Crippen LogP contribution < -0.4 is 10.5 Å². The van der Waals surface area contributed by atoms with Crippen LogP contribution in [0.25, 0.3) is 0 Å². The highest BCUT2D eigenvalue weighted by molar-refractivity contribution is 7.89. The van der Waals surface area contributed by atoms with Crippen molar-refractivity contribution < 1.29 is 13.2 Å². The van der Waals surface area contributed by atoms with Gasteiger partial charge in [0.05, 0.1) is 16.8 Å². The summed E-state index contributed by atoms with van der Waals surface area (Å²) in [6.07, 6.45) is 4.50. The van der Waals surface area contributed by atoms with Gasteiger partial charge in [-0.05, 0) is 49.1 Å². The van der Waals surface area contributed by atoms with Gasteiger partial charge in [0.1, 0.15) is 5.69 Å². The highest BCUT2D eigenvalue weighted by Gasteiger charge is 2.20. The Labute approximate surface area is 153 Å². The number of hydrogen-bond acceptors (Lipinski definition) is 5. The van der Waals surface area contributed by atoms with Crippen molar-refractivity contribution >= 4 is 21.6 Å². The summed E-state index contributed by atoms with van der Waals surface area (Å²) in [5.41, 5.74) is 2.30. The summed E-state index contributed by atoms with van der Waals surface area (Å²) in [6.45, 7) is 2.28.